The average molecular weight is 450 g/mol. The van der Waals surface area contributed by atoms with E-state index < -0.39 is 0 Å². The summed E-state index contributed by atoms with van der Waals surface area (Å²) in [7, 11) is 0. The monoisotopic (exact) mass is 449 g/mol. The normalized spacial score (nSPS) is 13.3. The number of hydrogen-bond donors (Lipinski definition) is 1. The van der Waals surface area contributed by atoms with Crippen LogP contribution in [0.2, 0.25) is 5.02 Å². The van der Waals surface area contributed by atoms with E-state index in [-0.39, 0.29) is 5.91 Å². The Morgan fingerprint density at radius 2 is 2.25 bits per heavy atom. The molecule has 120 valence electrons. The minimum Gasteiger partial charge on any atom is -0.334 e. The molecule has 1 aromatic carbocycles. The van der Waals surface area contributed by atoms with E-state index in [1.807, 2.05) is 0 Å². The van der Waals surface area contributed by atoms with Crippen LogP contribution in [0.1, 0.15) is 5.56 Å². The number of amides is 1. The first kappa shape index (κ1) is 15.7. The van der Waals surface area contributed by atoms with Gasteiger partial charge in [-0.2, -0.15) is 0 Å². The molecule has 24 heavy (non-hydrogen) atoms. The predicted octanol–water partition coefficient (Wildman–Crippen LogP) is 4.56. The van der Waals surface area contributed by atoms with E-state index in [0.29, 0.717) is 11.6 Å². The number of fused-ring (bicyclic) bond motifs is 2. The molecule has 1 amide bonds. The lowest BCUT2D eigenvalue weighted by Gasteiger charge is -2.16. The number of nitrogens with zero attached hydrogens (tertiary/aromatic N) is 2. The fourth-order valence-corrected chi connectivity index (χ4v) is 4.27. The van der Waals surface area contributed by atoms with Crippen molar-refractivity contribution in [3.8, 4) is 11.1 Å². The van der Waals surface area contributed by atoms with Crippen molar-refractivity contribution in [3.05, 3.63) is 57.4 Å². The first-order valence-corrected chi connectivity index (χ1v) is 8.94. The largest absolute Gasteiger partial charge is 0.334 e. The zero-order valence-corrected chi connectivity index (χ0v) is 15.6. The van der Waals surface area contributed by atoms with Crippen LogP contribution >= 0.6 is 34.2 Å². The zero-order valence-electron chi connectivity index (χ0n) is 12.6. The number of aromatic nitrogens is 2. The van der Waals surface area contributed by atoms with Crippen molar-refractivity contribution < 1.29 is 4.79 Å². The molecule has 0 unspecified atom stereocenters. The molecule has 0 spiro atoms. The summed E-state index contributed by atoms with van der Waals surface area (Å²) in [6.07, 6.45) is 3.91. The fraction of sp³-hybridized carbons (Fsp3) is 0.111. The second-order valence-corrected chi connectivity index (χ2v) is 7.10. The summed E-state index contributed by atoms with van der Waals surface area (Å²) in [6.45, 7) is 4.29. The van der Waals surface area contributed by atoms with Crippen LogP contribution in [0.5, 0.6) is 0 Å². The van der Waals surface area contributed by atoms with Gasteiger partial charge in [-0.15, -0.1) is 0 Å². The topological polar surface area (TPSA) is 49.0 Å². The summed E-state index contributed by atoms with van der Waals surface area (Å²) in [5.41, 5.74) is 4.92. The summed E-state index contributed by atoms with van der Waals surface area (Å²) in [5.74, 6) is -0.0702. The Kier molecular flexibility index (Phi) is 3.85. The van der Waals surface area contributed by atoms with E-state index in [9.17, 15) is 4.79 Å². The van der Waals surface area contributed by atoms with Crippen molar-refractivity contribution in [3.63, 3.8) is 0 Å². The van der Waals surface area contributed by atoms with Crippen LogP contribution in [0.25, 0.3) is 22.2 Å². The maximum absolute atomic E-state index is 12.1. The molecule has 1 aliphatic heterocycles. The van der Waals surface area contributed by atoms with Gasteiger partial charge in [0.05, 0.1) is 8.72 Å². The molecule has 1 N–H and O–H groups in total. The Bertz CT molecular complexity index is 995. The van der Waals surface area contributed by atoms with Crippen molar-refractivity contribution in [2.75, 3.05) is 11.4 Å². The Morgan fingerprint density at radius 1 is 1.42 bits per heavy atom. The van der Waals surface area contributed by atoms with Gasteiger partial charge in [0.15, 0.2) is 0 Å². The lowest BCUT2D eigenvalue weighted by Crippen LogP contribution is -2.26. The van der Waals surface area contributed by atoms with Crippen molar-refractivity contribution in [1.82, 2.24) is 9.97 Å². The van der Waals surface area contributed by atoms with Gasteiger partial charge in [-0.05, 0) is 58.3 Å². The molecule has 3 aromatic rings. The second kappa shape index (κ2) is 5.89. The number of halogens is 2. The molecule has 0 saturated heterocycles. The van der Waals surface area contributed by atoms with Crippen LogP contribution in [0.3, 0.4) is 0 Å². The molecule has 0 fully saturated rings. The third-order valence-electron chi connectivity index (χ3n) is 4.31. The Balaban J connectivity index is 1.92. The van der Waals surface area contributed by atoms with Gasteiger partial charge in [0.1, 0.15) is 5.65 Å². The van der Waals surface area contributed by atoms with Crippen LogP contribution in [-0.2, 0) is 11.2 Å². The highest BCUT2D eigenvalue weighted by Gasteiger charge is 2.24. The van der Waals surface area contributed by atoms with Crippen molar-refractivity contribution in [2.24, 2.45) is 0 Å². The number of aromatic amines is 1. The quantitative estimate of drug-likeness (QED) is 0.460. The highest BCUT2D eigenvalue weighted by molar-refractivity contribution is 14.1. The molecule has 2 aromatic heterocycles. The van der Waals surface area contributed by atoms with E-state index in [1.165, 1.54) is 11.6 Å². The maximum Gasteiger partial charge on any atom is 0.250 e. The van der Waals surface area contributed by atoms with Crippen molar-refractivity contribution >= 4 is 56.8 Å². The first-order chi connectivity index (χ1) is 11.6. The molecule has 4 rings (SSSR count). The maximum atomic E-state index is 12.1. The van der Waals surface area contributed by atoms with Gasteiger partial charge in [0, 0.05) is 29.4 Å². The summed E-state index contributed by atoms with van der Waals surface area (Å²) in [6, 6.07) is 8.01. The van der Waals surface area contributed by atoms with Gasteiger partial charge in [0.2, 0.25) is 5.91 Å². The van der Waals surface area contributed by atoms with E-state index in [2.05, 4.69) is 57.3 Å². The molecule has 3 heterocycles. The highest BCUT2D eigenvalue weighted by Crippen LogP contribution is 2.39. The summed E-state index contributed by atoms with van der Waals surface area (Å²) in [5, 5.41) is 1.57. The molecule has 0 saturated carbocycles. The van der Waals surface area contributed by atoms with E-state index in [4.69, 9.17) is 11.6 Å². The third kappa shape index (κ3) is 2.34. The molecule has 4 nitrogen and oxygen atoms in total. The van der Waals surface area contributed by atoms with E-state index in [1.54, 1.807) is 17.2 Å². The minimum atomic E-state index is -0.0702. The Morgan fingerprint density at radius 3 is 3.04 bits per heavy atom. The Labute approximate surface area is 157 Å². The van der Waals surface area contributed by atoms with Crippen LogP contribution in [0.4, 0.5) is 5.69 Å². The number of benzene rings is 1. The SMILES string of the molecule is C=CC(=O)N1CCc2ccc(-c3c(I)[nH]c4nccc(Cl)c34)cc21. The van der Waals surface area contributed by atoms with Gasteiger partial charge < -0.3 is 9.88 Å². The van der Waals surface area contributed by atoms with Crippen molar-refractivity contribution in [1.29, 1.82) is 0 Å². The van der Waals surface area contributed by atoms with Crippen LogP contribution in [0, 0.1) is 3.70 Å². The minimum absolute atomic E-state index is 0.0702. The van der Waals surface area contributed by atoms with Crippen LogP contribution < -0.4 is 4.90 Å². The van der Waals surface area contributed by atoms with Crippen LogP contribution in [-0.4, -0.2) is 22.4 Å². The number of rotatable bonds is 2. The highest BCUT2D eigenvalue weighted by atomic mass is 127. The number of carbonyl (C=O) groups excluding carboxylic acids is 1. The molecular weight excluding hydrogens is 437 g/mol. The van der Waals surface area contributed by atoms with Gasteiger partial charge in [-0.1, -0.05) is 30.3 Å². The molecule has 1 aliphatic rings. The molecule has 0 radical (unpaired) electrons. The zero-order chi connectivity index (χ0) is 16.8. The smallest absolute Gasteiger partial charge is 0.250 e. The predicted molar refractivity (Wildman–Crippen MR) is 106 cm³/mol. The average Bonchev–Trinajstić information content (AvgIpc) is 3.14. The fourth-order valence-electron chi connectivity index (χ4n) is 3.19. The second-order valence-electron chi connectivity index (χ2n) is 5.62. The lowest BCUT2D eigenvalue weighted by molar-refractivity contribution is -0.114. The number of carbonyl (C=O) groups is 1. The molecule has 0 bridgehead atoms. The van der Waals surface area contributed by atoms with E-state index >= 15 is 0 Å². The lowest BCUT2D eigenvalue weighted by atomic mass is 10.0. The van der Waals surface area contributed by atoms with Gasteiger partial charge in [-0.3, -0.25) is 4.79 Å². The molecule has 6 heteroatoms. The van der Waals surface area contributed by atoms with Crippen molar-refractivity contribution in [2.45, 2.75) is 6.42 Å². The number of pyridine rings is 1. The summed E-state index contributed by atoms with van der Waals surface area (Å²) in [4.78, 5) is 21.5. The van der Waals surface area contributed by atoms with Crippen LogP contribution in [0.15, 0.2) is 43.1 Å². The molecular formula is C18H13ClIN3O. The third-order valence-corrected chi connectivity index (χ3v) is 5.43. The summed E-state index contributed by atoms with van der Waals surface area (Å²) >= 11 is 8.66. The Hall–Kier alpha value is -1.86. The standard InChI is InChI=1S/C18H13ClIN3O/c1-2-14(24)23-8-6-10-3-4-11(9-13(10)23)15-16-12(19)5-7-21-18(16)22-17(15)20/h2-5,7,9H,1,6,8H2,(H,21,22). The first-order valence-electron chi connectivity index (χ1n) is 7.49. The van der Waals surface area contributed by atoms with Gasteiger partial charge >= 0.3 is 0 Å². The molecule has 0 aliphatic carbocycles. The molecule has 0 atom stereocenters. The number of anilines is 1. The number of nitrogens with one attached hydrogen (secondary N) is 1. The van der Waals surface area contributed by atoms with E-state index in [0.717, 1.165) is 38.0 Å². The number of H-pyrrole nitrogens is 1. The number of hydrogen-bond acceptors (Lipinski definition) is 2. The summed E-state index contributed by atoms with van der Waals surface area (Å²) < 4.78 is 0.975. The van der Waals surface area contributed by atoms with Gasteiger partial charge in [-0.25, -0.2) is 4.98 Å². The van der Waals surface area contributed by atoms with Gasteiger partial charge in [0.25, 0.3) is 0 Å².